The highest BCUT2D eigenvalue weighted by atomic mass is 16.3. The lowest BCUT2D eigenvalue weighted by Gasteiger charge is -2.58. The summed E-state index contributed by atoms with van der Waals surface area (Å²) in [5, 5.41) is 29.1. The monoisotopic (exact) mass is 390 g/mol. The van der Waals surface area contributed by atoms with Crippen LogP contribution < -0.4 is 0 Å². The van der Waals surface area contributed by atoms with Gasteiger partial charge in [-0.1, -0.05) is 31.9 Å². The number of aliphatic hydroxyl groups excluding tert-OH is 3. The van der Waals surface area contributed by atoms with Gasteiger partial charge in [-0.15, -0.1) is 0 Å². The van der Waals surface area contributed by atoms with Gasteiger partial charge in [-0.25, -0.2) is 0 Å². The fourth-order valence-electron chi connectivity index (χ4n) is 8.12. The summed E-state index contributed by atoms with van der Waals surface area (Å²) in [5.74, 6) is 3.34. The van der Waals surface area contributed by atoms with Gasteiger partial charge >= 0.3 is 0 Å². The van der Waals surface area contributed by atoms with Crippen LogP contribution in [0.5, 0.6) is 0 Å². The molecule has 0 aromatic heterocycles. The second kappa shape index (κ2) is 8.04. The van der Waals surface area contributed by atoms with E-state index in [1.54, 1.807) is 5.57 Å². The van der Waals surface area contributed by atoms with E-state index in [0.29, 0.717) is 17.3 Å². The first-order chi connectivity index (χ1) is 13.4. The quantitative estimate of drug-likeness (QED) is 0.569. The minimum absolute atomic E-state index is 0.0960. The summed E-state index contributed by atoms with van der Waals surface area (Å²) in [6, 6.07) is 0. The van der Waals surface area contributed by atoms with Gasteiger partial charge in [0.1, 0.15) is 0 Å². The van der Waals surface area contributed by atoms with Crippen molar-refractivity contribution in [3.05, 3.63) is 11.6 Å². The van der Waals surface area contributed by atoms with E-state index >= 15 is 0 Å². The number of aliphatic hydroxyl groups is 3. The van der Waals surface area contributed by atoms with Crippen LogP contribution in [0, 0.1) is 34.5 Å². The molecule has 0 aliphatic heterocycles. The van der Waals surface area contributed by atoms with Crippen molar-refractivity contribution in [2.24, 2.45) is 34.5 Å². The molecule has 0 spiro atoms. The molecule has 28 heavy (non-hydrogen) atoms. The van der Waals surface area contributed by atoms with Crippen molar-refractivity contribution in [3.8, 4) is 0 Å². The van der Waals surface area contributed by atoms with Crippen LogP contribution in [-0.2, 0) is 0 Å². The molecule has 0 aromatic rings. The van der Waals surface area contributed by atoms with E-state index in [-0.39, 0.29) is 18.8 Å². The zero-order chi connectivity index (χ0) is 19.9. The Morgan fingerprint density at radius 2 is 1.89 bits per heavy atom. The SMILES string of the molecule is CC12CCC3C(CC=C4CC(O)CC[C@@]43C)C1CCC2CCCC(O)CCO. The zero-order valence-electron chi connectivity index (χ0n) is 18.1. The van der Waals surface area contributed by atoms with Gasteiger partial charge in [0.05, 0.1) is 12.2 Å². The van der Waals surface area contributed by atoms with E-state index in [4.69, 9.17) is 5.11 Å². The van der Waals surface area contributed by atoms with Gasteiger partial charge in [0.25, 0.3) is 0 Å². The lowest BCUT2D eigenvalue weighted by atomic mass is 9.47. The fourth-order valence-corrected chi connectivity index (χ4v) is 8.12. The molecular weight excluding hydrogens is 348 g/mol. The number of fused-ring (bicyclic) bond motifs is 5. The standard InChI is InChI=1S/C25H42O3/c1-24-14-11-23-21(8-6-18-16-20(28)10-13-25(18,23)2)22(24)9-7-17(24)4-3-5-19(27)12-15-26/h6,17,19-23,26-28H,3-5,7-16H2,1-2H3/t17?,19?,20?,21?,22?,23?,24?,25-/m0/s1. The van der Waals surface area contributed by atoms with E-state index in [1.165, 1.54) is 44.9 Å². The second-order valence-electron chi connectivity index (χ2n) is 11.1. The second-order valence-corrected chi connectivity index (χ2v) is 11.1. The van der Waals surface area contributed by atoms with Crippen LogP contribution >= 0.6 is 0 Å². The highest BCUT2D eigenvalue weighted by Crippen LogP contribution is 2.66. The summed E-state index contributed by atoms with van der Waals surface area (Å²) in [7, 11) is 0. The maximum atomic E-state index is 10.2. The molecule has 4 rings (SSSR count). The van der Waals surface area contributed by atoms with Gasteiger partial charge in [0.15, 0.2) is 0 Å². The summed E-state index contributed by atoms with van der Waals surface area (Å²) >= 11 is 0. The molecule has 0 heterocycles. The summed E-state index contributed by atoms with van der Waals surface area (Å²) in [5.41, 5.74) is 2.40. The Kier molecular flexibility index (Phi) is 5.99. The Labute approximate surface area is 171 Å². The van der Waals surface area contributed by atoms with Crippen molar-refractivity contribution in [1.82, 2.24) is 0 Å². The normalized spacial score (nSPS) is 46.3. The van der Waals surface area contributed by atoms with E-state index in [2.05, 4.69) is 19.9 Å². The third-order valence-corrected chi connectivity index (χ3v) is 9.83. The summed E-state index contributed by atoms with van der Waals surface area (Å²) in [4.78, 5) is 0. The first-order valence-electron chi connectivity index (χ1n) is 12.0. The highest BCUT2D eigenvalue weighted by Gasteiger charge is 2.58. The largest absolute Gasteiger partial charge is 0.396 e. The lowest BCUT2D eigenvalue weighted by Crippen LogP contribution is -2.50. The Balaban J connectivity index is 1.43. The van der Waals surface area contributed by atoms with E-state index in [0.717, 1.165) is 49.4 Å². The van der Waals surface area contributed by atoms with Crippen LogP contribution in [0.25, 0.3) is 0 Å². The predicted octanol–water partition coefficient (Wildman–Crippen LogP) is 4.84. The third-order valence-electron chi connectivity index (χ3n) is 9.83. The Morgan fingerprint density at radius 1 is 1.07 bits per heavy atom. The van der Waals surface area contributed by atoms with Gasteiger partial charge in [0, 0.05) is 6.61 Å². The molecule has 8 atom stereocenters. The molecule has 0 aromatic carbocycles. The molecule has 3 heteroatoms. The Bertz CT molecular complexity index is 586. The zero-order valence-corrected chi connectivity index (χ0v) is 18.1. The van der Waals surface area contributed by atoms with Crippen molar-refractivity contribution in [2.45, 2.75) is 103 Å². The molecule has 0 bridgehead atoms. The average molecular weight is 391 g/mol. The topological polar surface area (TPSA) is 60.7 Å². The predicted molar refractivity (Wildman–Crippen MR) is 113 cm³/mol. The summed E-state index contributed by atoms with van der Waals surface area (Å²) < 4.78 is 0. The van der Waals surface area contributed by atoms with Crippen LogP contribution in [-0.4, -0.2) is 34.1 Å². The van der Waals surface area contributed by atoms with Crippen molar-refractivity contribution in [3.63, 3.8) is 0 Å². The van der Waals surface area contributed by atoms with Crippen molar-refractivity contribution >= 4 is 0 Å². The van der Waals surface area contributed by atoms with Gasteiger partial charge in [0.2, 0.25) is 0 Å². The van der Waals surface area contributed by atoms with Gasteiger partial charge in [-0.3, -0.25) is 0 Å². The molecule has 160 valence electrons. The highest BCUT2D eigenvalue weighted by molar-refractivity contribution is 5.25. The van der Waals surface area contributed by atoms with Crippen LogP contribution in [0.15, 0.2) is 11.6 Å². The number of hydrogen-bond acceptors (Lipinski definition) is 3. The smallest absolute Gasteiger partial charge is 0.0577 e. The molecule has 4 aliphatic carbocycles. The molecule has 0 radical (unpaired) electrons. The van der Waals surface area contributed by atoms with Crippen LogP contribution in [0.2, 0.25) is 0 Å². The molecule has 4 aliphatic rings. The minimum Gasteiger partial charge on any atom is -0.396 e. The maximum absolute atomic E-state index is 10.2. The van der Waals surface area contributed by atoms with Crippen LogP contribution in [0.4, 0.5) is 0 Å². The molecule has 3 nitrogen and oxygen atoms in total. The summed E-state index contributed by atoms with van der Waals surface area (Å²) in [6.07, 6.45) is 15.6. The third kappa shape index (κ3) is 3.50. The number of allylic oxidation sites excluding steroid dienone is 1. The fraction of sp³-hybridized carbons (Fsp3) is 0.920. The first kappa shape index (κ1) is 20.9. The van der Waals surface area contributed by atoms with Crippen LogP contribution in [0.3, 0.4) is 0 Å². The molecule has 0 amide bonds. The Morgan fingerprint density at radius 3 is 2.68 bits per heavy atom. The van der Waals surface area contributed by atoms with Crippen molar-refractivity contribution < 1.29 is 15.3 Å². The van der Waals surface area contributed by atoms with Crippen molar-refractivity contribution in [2.75, 3.05) is 6.61 Å². The van der Waals surface area contributed by atoms with Crippen LogP contribution in [0.1, 0.15) is 90.9 Å². The molecule has 0 saturated heterocycles. The lowest BCUT2D eigenvalue weighted by molar-refractivity contribution is -0.0511. The minimum atomic E-state index is -0.325. The Hall–Kier alpha value is -0.380. The molecule has 3 N–H and O–H groups in total. The molecule has 3 saturated carbocycles. The van der Waals surface area contributed by atoms with E-state index in [1.807, 2.05) is 0 Å². The van der Waals surface area contributed by atoms with E-state index in [9.17, 15) is 10.2 Å². The molecule has 3 fully saturated rings. The molecular formula is C25H42O3. The van der Waals surface area contributed by atoms with Gasteiger partial charge < -0.3 is 15.3 Å². The maximum Gasteiger partial charge on any atom is 0.0577 e. The number of hydrogen-bond donors (Lipinski definition) is 3. The number of rotatable bonds is 6. The molecule has 7 unspecified atom stereocenters. The van der Waals surface area contributed by atoms with Gasteiger partial charge in [-0.2, -0.15) is 0 Å². The first-order valence-corrected chi connectivity index (χ1v) is 12.0. The van der Waals surface area contributed by atoms with Gasteiger partial charge in [-0.05, 0) is 105 Å². The summed E-state index contributed by atoms with van der Waals surface area (Å²) in [6.45, 7) is 5.19. The van der Waals surface area contributed by atoms with E-state index < -0.39 is 0 Å². The van der Waals surface area contributed by atoms with Crippen molar-refractivity contribution in [1.29, 1.82) is 0 Å². The average Bonchev–Trinajstić information content (AvgIpc) is 2.99.